The molecule has 1 fully saturated rings. The second-order valence-electron chi connectivity index (χ2n) is 9.97. The lowest BCUT2D eigenvalue weighted by Gasteiger charge is -2.32. The third kappa shape index (κ3) is 5.32. The number of piperidine rings is 1. The molecule has 3 heterocycles. The van der Waals surface area contributed by atoms with Gasteiger partial charge in [0, 0.05) is 30.4 Å². The number of likely N-dealkylation sites (tertiary alicyclic amines) is 1. The predicted molar refractivity (Wildman–Crippen MR) is 152 cm³/mol. The number of hydrogen-bond donors (Lipinski definition) is 1. The van der Waals surface area contributed by atoms with Crippen molar-refractivity contribution in [2.75, 3.05) is 18.4 Å². The van der Waals surface area contributed by atoms with Crippen LogP contribution in [0.5, 0.6) is 5.75 Å². The zero-order chi connectivity index (χ0) is 26.9. The monoisotopic (exact) mass is 561 g/mol. The third-order valence-corrected chi connectivity index (χ3v) is 8.15. The van der Waals surface area contributed by atoms with E-state index in [9.17, 15) is 9.18 Å². The lowest BCUT2D eigenvalue weighted by molar-refractivity contribution is 0.0690. The highest BCUT2D eigenvalue weighted by atomic mass is 35.5. The van der Waals surface area contributed by atoms with Crippen LogP contribution in [0, 0.1) is 11.7 Å². The zero-order valence-corrected chi connectivity index (χ0v) is 22.6. The summed E-state index contributed by atoms with van der Waals surface area (Å²) in [7, 11) is 0. The second-order valence-corrected chi connectivity index (χ2v) is 10.8. The summed E-state index contributed by atoms with van der Waals surface area (Å²) in [6, 6.07) is 22.6. The molecule has 1 unspecified atom stereocenters. The van der Waals surface area contributed by atoms with Crippen LogP contribution in [0.2, 0.25) is 10.0 Å². The van der Waals surface area contributed by atoms with Crippen LogP contribution < -0.4 is 10.1 Å². The maximum Gasteiger partial charge on any atom is 0.253 e. The van der Waals surface area contributed by atoms with Gasteiger partial charge in [0.25, 0.3) is 5.91 Å². The summed E-state index contributed by atoms with van der Waals surface area (Å²) in [5.41, 5.74) is 4.08. The highest BCUT2D eigenvalue weighted by Crippen LogP contribution is 2.43. The molecular weight excluding hydrogens is 536 g/mol. The molecule has 0 spiro atoms. The molecule has 1 atom stereocenters. The van der Waals surface area contributed by atoms with Gasteiger partial charge in [-0.15, -0.1) is 0 Å². The molecule has 8 heteroatoms. The first-order valence-electron chi connectivity index (χ1n) is 13.0. The summed E-state index contributed by atoms with van der Waals surface area (Å²) < 4.78 is 20.0. The number of fused-ring (bicyclic) bond motifs is 1. The first kappa shape index (κ1) is 25.7. The zero-order valence-electron chi connectivity index (χ0n) is 21.0. The number of aromatic nitrogens is 1. The minimum Gasteiger partial charge on any atom is -0.462 e. The van der Waals surface area contributed by atoms with Crippen LogP contribution >= 0.6 is 23.2 Å². The second kappa shape index (κ2) is 10.9. The Morgan fingerprint density at radius 1 is 1.00 bits per heavy atom. The number of nitrogens with one attached hydrogen (secondary N) is 1. The van der Waals surface area contributed by atoms with E-state index in [2.05, 4.69) is 34.6 Å². The Balaban J connectivity index is 1.10. The molecule has 2 aliphatic heterocycles. The molecule has 5 nitrogen and oxygen atoms in total. The Bertz CT molecular complexity index is 1510. The van der Waals surface area contributed by atoms with Gasteiger partial charge in [-0.1, -0.05) is 65.7 Å². The van der Waals surface area contributed by atoms with Crippen molar-refractivity contribution >= 4 is 34.9 Å². The molecule has 198 valence electrons. The molecule has 1 saturated heterocycles. The van der Waals surface area contributed by atoms with E-state index in [1.165, 1.54) is 17.7 Å². The van der Waals surface area contributed by atoms with Crippen molar-refractivity contribution in [1.29, 1.82) is 0 Å². The van der Waals surface area contributed by atoms with E-state index in [4.69, 9.17) is 27.9 Å². The summed E-state index contributed by atoms with van der Waals surface area (Å²) in [6.07, 6.45) is 4.06. The van der Waals surface area contributed by atoms with E-state index in [-0.39, 0.29) is 10.9 Å². The number of carbonyl (C=O) groups is 1. The summed E-state index contributed by atoms with van der Waals surface area (Å²) in [5, 5.41) is 3.31. The van der Waals surface area contributed by atoms with Crippen LogP contribution in [0.3, 0.4) is 0 Å². The fourth-order valence-corrected chi connectivity index (χ4v) is 5.84. The maximum absolute atomic E-state index is 14.0. The van der Waals surface area contributed by atoms with E-state index >= 15 is 0 Å². The molecule has 0 radical (unpaired) electrons. The van der Waals surface area contributed by atoms with Gasteiger partial charge < -0.3 is 15.0 Å². The van der Waals surface area contributed by atoms with Gasteiger partial charge in [-0.3, -0.25) is 4.79 Å². The van der Waals surface area contributed by atoms with Crippen molar-refractivity contribution in [3.63, 3.8) is 0 Å². The quantitative estimate of drug-likeness (QED) is 0.252. The van der Waals surface area contributed by atoms with E-state index in [0.717, 1.165) is 43.5 Å². The van der Waals surface area contributed by atoms with E-state index in [1.54, 1.807) is 6.20 Å². The molecule has 1 amide bonds. The van der Waals surface area contributed by atoms with Crippen molar-refractivity contribution in [3.8, 4) is 16.9 Å². The predicted octanol–water partition coefficient (Wildman–Crippen LogP) is 7.79. The van der Waals surface area contributed by atoms with Gasteiger partial charge in [0.15, 0.2) is 11.6 Å². The number of amides is 1. The van der Waals surface area contributed by atoms with Crippen LogP contribution in [-0.4, -0.2) is 28.9 Å². The standard InChI is InChI=1S/C31H26Cl2FN3O2/c32-24-10-11-25(34)28(33)27(24)30-36-29-26(39-30)17-23(18-35-29)21-6-8-22(9-7-21)31(38)37-14-12-20(13-15-37)16-19-4-2-1-3-5-19/h1-11,17-18,20,30H,12-16H2,(H,35,36). The molecule has 0 saturated carbocycles. The summed E-state index contributed by atoms with van der Waals surface area (Å²) >= 11 is 12.4. The number of ether oxygens (including phenoxy) is 1. The third-order valence-electron chi connectivity index (χ3n) is 7.44. The van der Waals surface area contributed by atoms with Crippen molar-refractivity contribution < 1.29 is 13.9 Å². The average Bonchev–Trinajstić information content (AvgIpc) is 3.39. The first-order valence-corrected chi connectivity index (χ1v) is 13.7. The number of pyridine rings is 1. The molecule has 1 aromatic heterocycles. The number of anilines is 1. The van der Waals surface area contributed by atoms with Gasteiger partial charge in [-0.05, 0) is 66.6 Å². The molecule has 0 aliphatic carbocycles. The van der Waals surface area contributed by atoms with Crippen LogP contribution in [-0.2, 0) is 6.42 Å². The Hall–Kier alpha value is -3.61. The number of halogens is 3. The molecule has 3 aromatic carbocycles. The Morgan fingerprint density at radius 3 is 2.49 bits per heavy atom. The molecular formula is C31H26Cl2FN3O2. The van der Waals surface area contributed by atoms with Gasteiger partial charge in [-0.2, -0.15) is 0 Å². The molecule has 0 bridgehead atoms. The van der Waals surface area contributed by atoms with Crippen molar-refractivity contribution in [3.05, 3.63) is 112 Å². The normalized spacial score (nSPS) is 16.9. The largest absolute Gasteiger partial charge is 0.462 e. The number of hydrogen-bond acceptors (Lipinski definition) is 4. The highest BCUT2D eigenvalue weighted by Gasteiger charge is 2.30. The summed E-state index contributed by atoms with van der Waals surface area (Å²) in [5.74, 6) is 1.12. The van der Waals surface area contributed by atoms with Crippen molar-refractivity contribution in [2.45, 2.75) is 25.5 Å². The average molecular weight is 562 g/mol. The molecule has 39 heavy (non-hydrogen) atoms. The van der Waals surface area contributed by atoms with Gasteiger partial charge >= 0.3 is 0 Å². The number of benzene rings is 3. The first-order chi connectivity index (χ1) is 19.0. The van der Waals surface area contributed by atoms with E-state index in [0.29, 0.717) is 33.6 Å². The molecule has 6 rings (SSSR count). The summed E-state index contributed by atoms with van der Waals surface area (Å²) in [6.45, 7) is 1.55. The smallest absolute Gasteiger partial charge is 0.253 e. The van der Waals surface area contributed by atoms with Crippen LogP contribution in [0.25, 0.3) is 11.1 Å². The topological polar surface area (TPSA) is 54.5 Å². The minimum absolute atomic E-state index is 0.0611. The van der Waals surface area contributed by atoms with Gasteiger partial charge in [0.05, 0.1) is 15.6 Å². The molecule has 4 aromatic rings. The fraction of sp³-hybridized carbons (Fsp3) is 0.226. The number of carbonyl (C=O) groups excluding carboxylic acids is 1. The fourth-order valence-electron chi connectivity index (χ4n) is 5.27. The molecule has 1 N–H and O–H groups in total. The van der Waals surface area contributed by atoms with Gasteiger partial charge in [-0.25, -0.2) is 9.37 Å². The number of rotatable bonds is 5. The Labute approximate surface area is 236 Å². The lowest BCUT2D eigenvalue weighted by atomic mass is 9.90. The van der Waals surface area contributed by atoms with E-state index < -0.39 is 12.0 Å². The van der Waals surface area contributed by atoms with Crippen LogP contribution in [0.15, 0.2) is 79.0 Å². The van der Waals surface area contributed by atoms with Crippen LogP contribution in [0.1, 0.15) is 40.6 Å². The highest BCUT2D eigenvalue weighted by molar-refractivity contribution is 6.36. The van der Waals surface area contributed by atoms with Gasteiger partial charge in [0.1, 0.15) is 5.82 Å². The van der Waals surface area contributed by atoms with Crippen molar-refractivity contribution in [2.24, 2.45) is 5.92 Å². The maximum atomic E-state index is 14.0. The van der Waals surface area contributed by atoms with Crippen molar-refractivity contribution in [1.82, 2.24) is 9.88 Å². The summed E-state index contributed by atoms with van der Waals surface area (Å²) in [4.78, 5) is 19.6. The minimum atomic E-state index is -0.754. The Morgan fingerprint density at radius 2 is 1.74 bits per heavy atom. The SMILES string of the molecule is O=C(c1ccc(-c2cnc3c(c2)OC(c2c(Cl)ccc(F)c2Cl)N3)cc1)N1CCC(Cc2ccccc2)CC1. The van der Waals surface area contributed by atoms with E-state index in [1.807, 2.05) is 41.3 Å². The lowest BCUT2D eigenvalue weighted by Crippen LogP contribution is -2.38. The van der Waals surface area contributed by atoms with Gasteiger partial charge in [0.2, 0.25) is 6.23 Å². The number of nitrogens with zero attached hydrogens (tertiary/aromatic N) is 2. The Kier molecular flexibility index (Phi) is 7.15. The van der Waals surface area contributed by atoms with Crippen LogP contribution in [0.4, 0.5) is 10.2 Å². The molecule has 2 aliphatic rings.